The average Bonchev–Trinajstić information content (AvgIpc) is 2.35. The number of benzene rings is 1. The highest BCUT2D eigenvalue weighted by atomic mass is 16.5. The van der Waals surface area contributed by atoms with Crippen LogP contribution in [0.3, 0.4) is 0 Å². The van der Waals surface area contributed by atoms with Crippen molar-refractivity contribution in [2.75, 3.05) is 13.2 Å². The van der Waals surface area contributed by atoms with Crippen molar-refractivity contribution >= 4 is 6.09 Å². The molecule has 1 aromatic rings. The molecule has 4 nitrogen and oxygen atoms in total. The van der Waals surface area contributed by atoms with Gasteiger partial charge in [-0.3, -0.25) is 0 Å². The molecular formula is C13H17NO3. The summed E-state index contributed by atoms with van der Waals surface area (Å²) in [5.74, 6) is 0.831. The number of hydrogen-bond acceptors (Lipinski definition) is 2. The molecular weight excluding hydrogens is 218 g/mol. The number of carbonyl (C=O) groups is 1. The van der Waals surface area contributed by atoms with Gasteiger partial charge in [-0.25, -0.2) is 4.79 Å². The van der Waals surface area contributed by atoms with Gasteiger partial charge < -0.3 is 14.7 Å². The molecule has 0 aromatic heterocycles. The van der Waals surface area contributed by atoms with Gasteiger partial charge in [-0.15, -0.1) is 0 Å². The van der Waals surface area contributed by atoms with Crippen LogP contribution in [0.2, 0.25) is 0 Å². The first kappa shape index (κ1) is 11.8. The third-order valence-electron chi connectivity index (χ3n) is 2.93. The molecule has 2 rings (SSSR count). The highest BCUT2D eigenvalue weighted by Crippen LogP contribution is 2.24. The second-order valence-corrected chi connectivity index (χ2v) is 4.23. The average molecular weight is 235 g/mol. The number of hydrogen-bond donors (Lipinski definition) is 1. The third kappa shape index (κ3) is 2.70. The minimum atomic E-state index is -0.851. The summed E-state index contributed by atoms with van der Waals surface area (Å²) in [6.45, 7) is 3.80. The van der Waals surface area contributed by atoms with Crippen LogP contribution in [0.25, 0.3) is 0 Å². The summed E-state index contributed by atoms with van der Waals surface area (Å²) in [7, 11) is 0. The maximum Gasteiger partial charge on any atom is 0.407 e. The number of rotatable bonds is 3. The van der Waals surface area contributed by atoms with Crippen molar-refractivity contribution in [2.24, 2.45) is 0 Å². The molecule has 1 heterocycles. The third-order valence-corrected chi connectivity index (χ3v) is 2.93. The van der Waals surface area contributed by atoms with E-state index in [-0.39, 0.29) is 0 Å². The van der Waals surface area contributed by atoms with Gasteiger partial charge in [0.05, 0.1) is 6.61 Å². The number of fused-ring (bicyclic) bond motifs is 1. The molecule has 1 N–H and O–H groups in total. The van der Waals surface area contributed by atoms with Crippen LogP contribution in [0.4, 0.5) is 4.79 Å². The van der Waals surface area contributed by atoms with Crippen LogP contribution in [0, 0.1) is 0 Å². The monoisotopic (exact) mass is 235 g/mol. The lowest BCUT2D eigenvalue weighted by Crippen LogP contribution is -2.34. The molecule has 1 aromatic carbocycles. The van der Waals surface area contributed by atoms with Crippen LogP contribution in [0.5, 0.6) is 5.75 Å². The van der Waals surface area contributed by atoms with Gasteiger partial charge in [-0.05, 0) is 36.1 Å². The molecule has 4 heteroatoms. The number of carboxylic acid groups (broad SMARTS) is 1. The summed E-state index contributed by atoms with van der Waals surface area (Å²) in [6.07, 6.45) is 0.907. The lowest BCUT2D eigenvalue weighted by atomic mass is 10.00. The molecule has 0 fully saturated rings. The molecule has 0 radical (unpaired) electrons. The van der Waals surface area contributed by atoms with Crippen LogP contribution >= 0.6 is 0 Å². The molecule has 0 spiro atoms. The van der Waals surface area contributed by atoms with E-state index in [1.165, 1.54) is 10.5 Å². The second-order valence-electron chi connectivity index (χ2n) is 4.23. The molecule has 1 aliphatic heterocycles. The van der Waals surface area contributed by atoms with Crippen molar-refractivity contribution in [1.29, 1.82) is 0 Å². The van der Waals surface area contributed by atoms with Gasteiger partial charge in [0.1, 0.15) is 5.75 Å². The van der Waals surface area contributed by atoms with E-state index in [1.54, 1.807) is 0 Å². The number of ether oxygens (including phenoxy) is 1. The predicted molar refractivity (Wildman–Crippen MR) is 64.4 cm³/mol. The Hall–Kier alpha value is -1.71. The van der Waals surface area contributed by atoms with Gasteiger partial charge >= 0.3 is 6.09 Å². The molecule has 92 valence electrons. The minimum Gasteiger partial charge on any atom is -0.494 e. The molecule has 0 saturated heterocycles. The van der Waals surface area contributed by atoms with Crippen molar-refractivity contribution in [3.05, 3.63) is 29.3 Å². The quantitative estimate of drug-likeness (QED) is 0.875. The van der Waals surface area contributed by atoms with Crippen LogP contribution in [-0.4, -0.2) is 29.3 Å². The zero-order valence-corrected chi connectivity index (χ0v) is 9.98. The van der Waals surface area contributed by atoms with Gasteiger partial charge in [0.25, 0.3) is 0 Å². The summed E-state index contributed by atoms with van der Waals surface area (Å²) in [5.41, 5.74) is 2.29. The first-order valence-corrected chi connectivity index (χ1v) is 5.93. The Bertz CT molecular complexity index is 417. The van der Waals surface area contributed by atoms with Gasteiger partial charge in [0, 0.05) is 13.1 Å². The minimum absolute atomic E-state index is 0.466. The fourth-order valence-corrected chi connectivity index (χ4v) is 2.01. The first-order chi connectivity index (χ1) is 8.20. The largest absolute Gasteiger partial charge is 0.494 e. The molecule has 0 saturated carbocycles. The molecule has 1 amide bonds. The topological polar surface area (TPSA) is 49.8 Å². The van der Waals surface area contributed by atoms with E-state index in [9.17, 15) is 4.79 Å². The van der Waals surface area contributed by atoms with Crippen LogP contribution in [0.15, 0.2) is 18.2 Å². The Labute approximate surface area is 101 Å². The summed E-state index contributed by atoms with van der Waals surface area (Å²) in [5, 5.41) is 8.97. The van der Waals surface area contributed by atoms with Crippen molar-refractivity contribution in [3.8, 4) is 5.75 Å². The van der Waals surface area contributed by atoms with E-state index >= 15 is 0 Å². The van der Waals surface area contributed by atoms with Gasteiger partial charge in [0.15, 0.2) is 0 Å². The Morgan fingerprint density at radius 3 is 3.00 bits per heavy atom. The molecule has 0 unspecified atom stereocenters. The van der Waals surface area contributed by atoms with E-state index in [4.69, 9.17) is 9.84 Å². The van der Waals surface area contributed by atoms with Crippen LogP contribution < -0.4 is 4.74 Å². The fourth-order valence-electron chi connectivity index (χ4n) is 2.01. The zero-order valence-electron chi connectivity index (χ0n) is 9.98. The predicted octanol–water partition coefficient (Wildman–Crippen LogP) is 2.51. The molecule has 0 bridgehead atoms. The van der Waals surface area contributed by atoms with Crippen molar-refractivity contribution in [3.63, 3.8) is 0 Å². The standard InChI is InChI=1S/C13H17NO3/c1-2-7-17-12-4-3-10-5-6-14(13(15)16)9-11(10)8-12/h3-4,8H,2,5-7,9H2,1H3,(H,15,16). The molecule has 0 aliphatic carbocycles. The SMILES string of the molecule is CCCOc1ccc2c(c1)CN(C(=O)O)CC2. The zero-order chi connectivity index (χ0) is 12.3. The van der Waals surface area contributed by atoms with E-state index in [1.807, 2.05) is 18.2 Å². The fraction of sp³-hybridized carbons (Fsp3) is 0.462. The summed E-state index contributed by atoms with van der Waals surface area (Å²) in [6, 6.07) is 5.96. The van der Waals surface area contributed by atoms with Crippen LogP contribution in [-0.2, 0) is 13.0 Å². The summed E-state index contributed by atoms with van der Waals surface area (Å²) < 4.78 is 5.55. The van der Waals surface area contributed by atoms with Crippen molar-refractivity contribution in [1.82, 2.24) is 4.90 Å². The van der Waals surface area contributed by atoms with E-state index < -0.39 is 6.09 Å². The summed E-state index contributed by atoms with van der Waals surface area (Å²) in [4.78, 5) is 12.4. The smallest absolute Gasteiger partial charge is 0.407 e. The summed E-state index contributed by atoms with van der Waals surface area (Å²) >= 11 is 0. The Kier molecular flexibility index (Phi) is 3.52. The Morgan fingerprint density at radius 1 is 1.47 bits per heavy atom. The van der Waals surface area contributed by atoms with Gasteiger partial charge in [-0.1, -0.05) is 13.0 Å². The Balaban J connectivity index is 2.14. The molecule has 1 aliphatic rings. The van der Waals surface area contributed by atoms with Crippen molar-refractivity contribution in [2.45, 2.75) is 26.3 Å². The maximum atomic E-state index is 10.9. The van der Waals surface area contributed by atoms with E-state index in [2.05, 4.69) is 6.92 Å². The van der Waals surface area contributed by atoms with Gasteiger partial charge in [0.2, 0.25) is 0 Å². The molecule has 0 atom stereocenters. The highest BCUT2D eigenvalue weighted by molar-refractivity contribution is 5.65. The van der Waals surface area contributed by atoms with Crippen molar-refractivity contribution < 1.29 is 14.6 Å². The number of nitrogens with zero attached hydrogens (tertiary/aromatic N) is 1. The lowest BCUT2D eigenvalue weighted by Gasteiger charge is -2.26. The Morgan fingerprint density at radius 2 is 2.29 bits per heavy atom. The van der Waals surface area contributed by atoms with E-state index in [0.717, 1.165) is 24.2 Å². The molecule has 17 heavy (non-hydrogen) atoms. The lowest BCUT2D eigenvalue weighted by molar-refractivity contribution is 0.140. The van der Waals surface area contributed by atoms with Gasteiger partial charge in [-0.2, -0.15) is 0 Å². The maximum absolute atomic E-state index is 10.9. The highest BCUT2D eigenvalue weighted by Gasteiger charge is 2.20. The van der Waals surface area contributed by atoms with Crippen LogP contribution in [0.1, 0.15) is 24.5 Å². The number of amides is 1. The second kappa shape index (κ2) is 5.08. The normalized spacial score (nSPS) is 14.3. The van der Waals surface area contributed by atoms with E-state index in [0.29, 0.717) is 19.7 Å². The first-order valence-electron chi connectivity index (χ1n) is 5.93.